The number of hydrogen-bond donors (Lipinski definition) is 2. The van der Waals surface area contributed by atoms with Gasteiger partial charge in [-0.25, -0.2) is 13.2 Å². The van der Waals surface area contributed by atoms with Crippen LogP contribution in [0.5, 0.6) is 0 Å². The van der Waals surface area contributed by atoms with Crippen LogP contribution < -0.4 is 0 Å². The molecule has 0 bridgehead atoms. The van der Waals surface area contributed by atoms with Gasteiger partial charge in [-0.15, -0.1) is 0 Å². The molecule has 0 amide bonds. The number of nitrogens with zero attached hydrogens (tertiary/aromatic N) is 2. The number of hydrogen-bond acceptors (Lipinski definition) is 8. The van der Waals surface area contributed by atoms with Gasteiger partial charge in [0.25, 0.3) is 0 Å². The number of methoxy groups -OCH3 is 1. The number of aryl methyl sites for hydroxylation is 2. The molecule has 2 N–H and O–H groups in total. The van der Waals surface area contributed by atoms with Crippen molar-refractivity contribution in [1.29, 1.82) is 0 Å². The third-order valence-corrected chi connectivity index (χ3v) is 13.7. The number of piperidine rings is 2. The molecule has 2 saturated heterocycles. The van der Waals surface area contributed by atoms with E-state index in [-0.39, 0.29) is 50.2 Å². The van der Waals surface area contributed by atoms with E-state index in [9.17, 15) is 42.6 Å². The monoisotopic (exact) mass is 937 g/mol. The zero-order valence-corrected chi connectivity index (χ0v) is 40.5. The van der Waals surface area contributed by atoms with Crippen molar-refractivity contribution in [1.82, 2.24) is 9.80 Å². The predicted molar refractivity (Wildman–Crippen MR) is 255 cm³/mol. The van der Waals surface area contributed by atoms with Gasteiger partial charge in [0.1, 0.15) is 5.82 Å². The molecule has 0 spiro atoms. The lowest BCUT2D eigenvalue weighted by Gasteiger charge is -2.37. The van der Waals surface area contributed by atoms with E-state index in [1.54, 1.807) is 25.1 Å². The van der Waals surface area contributed by atoms with Crippen LogP contribution in [0.25, 0.3) is 11.1 Å². The topological polar surface area (TPSA) is 134 Å². The molecule has 0 saturated carbocycles. The van der Waals surface area contributed by atoms with Crippen molar-refractivity contribution in [3.8, 4) is 11.1 Å². The minimum absolute atomic E-state index is 0.0790. The second kappa shape index (κ2) is 27.9. The normalized spacial score (nSPS) is 15.9. The minimum atomic E-state index is -1.56. The minimum Gasteiger partial charge on any atom is -0.480 e. The number of esters is 2. The second-order valence-electron chi connectivity index (χ2n) is 18.5. The molecule has 3 aromatic rings. The summed E-state index contributed by atoms with van der Waals surface area (Å²) in [5.74, 6) is -5.63. The van der Waals surface area contributed by atoms with Crippen LogP contribution in [0.15, 0.2) is 54.6 Å². The molecule has 67 heavy (non-hydrogen) atoms. The van der Waals surface area contributed by atoms with Crippen molar-refractivity contribution in [3.63, 3.8) is 0 Å². The molecular formula is C54H75F3N2O8. The Morgan fingerprint density at radius 1 is 0.567 bits per heavy atom. The Kier molecular flexibility index (Phi) is 22.9. The summed E-state index contributed by atoms with van der Waals surface area (Å²) in [6.45, 7) is 8.39. The number of rotatable bonds is 25. The van der Waals surface area contributed by atoms with Gasteiger partial charge < -0.3 is 19.7 Å². The number of carbonyl (C=O) groups excluding carboxylic acids is 2. The molecule has 370 valence electrons. The Labute approximate surface area is 396 Å². The van der Waals surface area contributed by atoms with E-state index in [1.165, 1.54) is 76.9 Å². The average molecular weight is 937 g/mol. The molecular weight excluding hydrogens is 862 g/mol. The highest BCUT2D eigenvalue weighted by Crippen LogP contribution is 2.36. The van der Waals surface area contributed by atoms with E-state index in [2.05, 4.69) is 35.6 Å². The Balaban J connectivity index is 0.000000294. The fourth-order valence-corrected chi connectivity index (χ4v) is 9.23. The summed E-state index contributed by atoms with van der Waals surface area (Å²) in [7, 11) is 1.17. The van der Waals surface area contributed by atoms with Crippen LogP contribution in [0, 0.1) is 28.3 Å². The number of aliphatic carboxylic acids is 2. The van der Waals surface area contributed by atoms with Crippen LogP contribution in [0.4, 0.5) is 13.2 Å². The summed E-state index contributed by atoms with van der Waals surface area (Å²) in [6, 6.07) is 16.7. The number of benzene rings is 3. The molecule has 0 aliphatic carbocycles. The highest BCUT2D eigenvalue weighted by atomic mass is 19.2. The SMILES string of the molecule is CCCCCCCCCCc1ccc(CN2CCC(C(=O)O)(C(=O)OC)CC2)c(F)c1F.CCCCCCCc1ccc(-c2ccc(CN3CCC(C(=O)O)(C(=O)OCC)CC3)cc2F)cc1. The zero-order chi connectivity index (χ0) is 48.8. The van der Waals surface area contributed by atoms with Gasteiger partial charge in [-0.3, -0.25) is 29.0 Å². The van der Waals surface area contributed by atoms with Crippen molar-refractivity contribution < 1.29 is 52.0 Å². The molecule has 2 aliphatic heterocycles. The Bertz CT molecular complexity index is 2030. The first-order chi connectivity index (χ1) is 32.2. The number of unbranched alkanes of at least 4 members (excludes halogenated alkanes) is 11. The second-order valence-corrected chi connectivity index (χ2v) is 18.5. The van der Waals surface area contributed by atoms with E-state index >= 15 is 0 Å². The van der Waals surface area contributed by atoms with Crippen LogP contribution in [0.3, 0.4) is 0 Å². The number of halogens is 3. The lowest BCUT2D eigenvalue weighted by molar-refractivity contribution is -0.173. The number of likely N-dealkylation sites (tertiary alicyclic amines) is 2. The molecule has 2 aliphatic rings. The van der Waals surface area contributed by atoms with Crippen molar-refractivity contribution in [2.75, 3.05) is 39.9 Å². The van der Waals surface area contributed by atoms with Gasteiger partial charge in [-0.05, 0) is 86.6 Å². The summed E-state index contributed by atoms with van der Waals surface area (Å²) in [4.78, 5) is 51.6. The first kappa shape index (κ1) is 54.9. The third-order valence-electron chi connectivity index (χ3n) is 13.7. The Morgan fingerprint density at radius 2 is 1.03 bits per heavy atom. The van der Waals surface area contributed by atoms with Gasteiger partial charge in [0.2, 0.25) is 0 Å². The maximum Gasteiger partial charge on any atom is 0.323 e. The van der Waals surface area contributed by atoms with E-state index < -0.39 is 46.3 Å². The fourth-order valence-electron chi connectivity index (χ4n) is 9.23. The number of carbonyl (C=O) groups is 4. The van der Waals surface area contributed by atoms with Crippen molar-refractivity contribution in [2.45, 2.75) is 156 Å². The highest BCUT2D eigenvalue weighted by molar-refractivity contribution is 5.99. The van der Waals surface area contributed by atoms with Crippen molar-refractivity contribution in [3.05, 3.63) is 94.3 Å². The summed E-state index contributed by atoms with van der Waals surface area (Å²) < 4.78 is 53.9. The molecule has 5 rings (SSSR count). The van der Waals surface area contributed by atoms with Gasteiger partial charge in [0.15, 0.2) is 22.5 Å². The van der Waals surface area contributed by atoms with Crippen molar-refractivity contribution in [2.24, 2.45) is 10.8 Å². The summed E-state index contributed by atoms with van der Waals surface area (Å²) in [5.41, 5.74) is 1.17. The molecule has 0 radical (unpaired) electrons. The average Bonchev–Trinajstić information content (AvgIpc) is 3.32. The smallest absolute Gasteiger partial charge is 0.323 e. The largest absolute Gasteiger partial charge is 0.480 e. The quantitative estimate of drug-likeness (QED) is 0.0480. The standard InChI is InChI=1S/C29H38FNO4.C25H37F2NO4/c1-3-5-6-7-8-9-22-10-13-24(14-11-22)25-15-12-23(20-26(25)30)21-31-18-16-29(17-19-31,27(32)33)28(34)35-4-2;1-3-4-5-6-7-8-9-10-11-19-12-13-20(22(27)21(19)26)18-28-16-14-25(15-17-28,23(29)30)24(31)32-2/h10-15,20H,3-9,16-19,21H2,1-2H3,(H,32,33);12-13H,3-11,14-18H2,1-2H3,(H,29,30). The van der Waals surface area contributed by atoms with Gasteiger partial charge >= 0.3 is 23.9 Å². The van der Waals surface area contributed by atoms with E-state index in [1.807, 2.05) is 29.2 Å². The molecule has 10 nitrogen and oxygen atoms in total. The molecule has 0 atom stereocenters. The summed E-state index contributed by atoms with van der Waals surface area (Å²) in [6.07, 6.45) is 17.6. The van der Waals surface area contributed by atoms with E-state index in [0.717, 1.165) is 36.8 Å². The van der Waals surface area contributed by atoms with Gasteiger partial charge in [-0.1, -0.05) is 133 Å². The van der Waals surface area contributed by atoms with Crippen LogP contribution in [-0.4, -0.2) is 83.8 Å². The van der Waals surface area contributed by atoms with Crippen LogP contribution in [0.1, 0.15) is 152 Å². The molecule has 2 heterocycles. The maximum atomic E-state index is 15.0. The number of carboxylic acids is 2. The van der Waals surface area contributed by atoms with Crippen LogP contribution in [0.2, 0.25) is 0 Å². The summed E-state index contributed by atoms with van der Waals surface area (Å²) in [5, 5.41) is 19.2. The van der Waals surface area contributed by atoms with Crippen molar-refractivity contribution >= 4 is 23.9 Å². The molecule has 3 aromatic carbocycles. The predicted octanol–water partition coefficient (Wildman–Crippen LogP) is 11.7. The highest BCUT2D eigenvalue weighted by Gasteiger charge is 2.50. The first-order valence-corrected chi connectivity index (χ1v) is 24.8. The van der Waals surface area contributed by atoms with E-state index in [4.69, 9.17) is 4.74 Å². The van der Waals surface area contributed by atoms with Crippen LogP contribution in [-0.2, 0) is 54.6 Å². The Hall–Kier alpha value is -4.75. The summed E-state index contributed by atoms with van der Waals surface area (Å²) >= 11 is 0. The molecule has 0 aromatic heterocycles. The van der Waals surface area contributed by atoms with E-state index in [0.29, 0.717) is 50.3 Å². The molecule has 2 fully saturated rings. The van der Waals surface area contributed by atoms with Crippen LogP contribution >= 0.6 is 0 Å². The third kappa shape index (κ3) is 15.6. The lowest BCUT2D eigenvalue weighted by atomic mass is 9.78. The van der Waals surface area contributed by atoms with Gasteiger partial charge in [0, 0.05) is 50.4 Å². The first-order valence-electron chi connectivity index (χ1n) is 24.8. The Morgan fingerprint density at radius 3 is 1.54 bits per heavy atom. The fraction of sp³-hybridized carbons (Fsp3) is 0.593. The maximum absolute atomic E-state index is 15.0. The molecule has 13 heteroatoms. The van der Waals surface area contributed by atoms with Gasteiger partial charge in [-0.2, -0.15) is 0 Å². The molecule has 0 unspecified atom stereocenters. The van der Waals surface area contributed by atoms with Gasteiger partial charge in [0.05, 0.1) is 13.7 Å². The number of ether oxygens (including phenoxy) is 2. The zero-order valence-electron chi connectivity index (χ0n) is 40.5. The number of carboxylic acid groups (broad SMARTS) is 2. The lowest BCUT2D eigenvalue weighted by Crippen LogP contribution is -2.49.